The first-order chi connectivity index (χ1) is 9.41. The van der Waals surface area contributed by atoms with E-state index in [1.165, 1.54) is 0 Å². The van der Waals surface area contributed by atoms with Gasteiger partial charge in [-0.2, -0.15) is 0 Å². The van der Waals surface area contributed by atoms with Crippen LogP contribution in [0.15, 0.2) is 12.1 Å². The first kappa shape index (κ1) is 17.1. The zero-order chi connectivity index (χ0) is 15.3. The number of halogens is 1. The van der Waals surface area contributed by atoms with Crippen LogP contribution in [0, 0.1) is 5.41 Å². The van der Waals surface area contributed by atoms with E-state index in [4.69, 9.17) is 21.1 Å². The molecule has 1 rings (SSSR count). The summed E-state index contributed by atoms with van der Waals surface area (Å²) in [5.74, 6) is 1.37. The van der Waals surface area contributed by atoms with E-state index >= 15 is 0 Å². The first-order valence-electron chi connectivity index (χ1n) is 7.06. The minimum atomic E-state index is 0.0965. The van der Waals surface area contributed by atoms with E-state index in [2.05, 4.69) is 33.0 Å². The molecular weight excluding hydrogens is 274 g/mol. The molecule has 0 saturated carbocycles. The summed E-state index contributed by atoms with van der Waals surface area (Å²) in [5, 5.41) is 4.24. The zero-order valence-electron chi connectivity index (χ0n) is 13.3. The summed E-state index contributed by atoms with van der Waals surface area (Å²) >= 11 is 6.46. The Morgan fingerprint density at radius 2 is 1.70 bits per heavy atom. The molecule has 1 unspecified atom stereocenters. The van der Waals surface area contributed by atoms with Gasteiger partial charge < -0.3 is 14.8 Å². The third kappa shape index (κ3) is 3.58. The number of benzene rings is 1. The Bertz CT molecular complexity index is 446. The molecular formula is C16H26ClNO2. The van der Waals surface area contributed by atoms with Gasteiger partial charge in [-0.3, -0.25) is 0 Å². The second-order valence-corrected chi connectivity index (χ2v) is 5.97. The largest absolute Gasteiger partial charge is 0.493 e. The molecule has 114 valence electrons. The highest BCUT2D eigenvalue weighted by Crippen LogP contribution is 2.43. The van der Waals surface area contributed by atoms with Gasteiger partial charge >= 0.3 is 0 Å². The van der Waals surface area contributed by atoms with E-state index in [-0.39, 0.29) is 11.5 Å². The van der Waals surface area contributed by atoms with Crippen LogP contribution in [0.25, 0.3) is 0 Å². The van der Waals surface area contributed by atoms with Crippen LogP contribution in [0.3, 0.4) is 0 Å². The van der Waals surface area contributed by atoms with E-state index < -0.39 is 0 Å². The molecule has 0 fully saturated rings. The van der Waals surface area contributed by atoms with Crippen molar-refractivity contribution in [2.75, 3.05) is 20.8 Å². The highest BCUT2D eigenvalue weighted by Gasteiger charge is 2.31. The number of hydrogen-bond donors (Lipinski definition) is 1. The van der Waals surface area contributed by atoms with Gasteiger partial charge in [-0.15, -0.1) is 0 Å². The molecule has 0 spiro atoms. The lowest BCUT2D eigenvalue weighted by molar-refractivity contribution is 0.236. The highest BCUT2D eigenvalue weighted by atomic mass is 35.5. The Morgan fingerprint density at radius 3 is 2.15 bits per heavy atom. The fourth-order valence-corrected chi connectivity index (χ4v) is 2.57. The van der Waals surface area contributed by atoms with Crippen molar-refractivity contribution in [1.29, 1.82) is 0 Å². The molecule has 0 radical (unpaired) electrons. The molecule has 1 aromatic carbocycles. The monoisotopic (exact) mass is 299 g/mol. The maximum atomic E-state index is 6.46. The van der Waals surface area contributed by atoms with Gasteiger partial charge in [0.2, 0.25) is 0 Å². The molecule has 1 aromatic rings. The number of ether oxygens (including phenoxy) is 2. The van der Waals surface area contributed by atoms with Crippen LogP contribution >= 0.6 is 11.6 Å². The van der Waals surface area contributed by atoms with E-state index in [1.807, 2.05) is 12.1 Å². The molecule has 0 amide bonds. The lowest BCUT2D eigenvalue weighted by atomic mass is 9.78. The average Bonchev–Trinajstić information content (AvgIpc) is 2.44. The van der Waals surface area contributed by atoms with Crippen molar-refractivity contribution in [3.05, 3.63) is 22.7 Å². The molecule has 3 nitrogen and oxygen atoms in total. The quantitative estimate of drug-likeness (QED) is 0.807. The Kier molecular flexibility index (Phi) is 6.15. The SMILES string of the molecule is CCNC(c1cc(OC)c(OC)cc1Cl)C(C)(C)CC. The van der Waals surface area contributed by atoms with Gasteiger partial charge in [-0.05, 0) is 30.0 Å². The van der Waals surface area contributed by atoms with E-state index in [9.17, 15) is 0 Å². The van der Waals surface area contributed by atoms with E-state index in [0.717, 1.165) is 18.5 Å². The third-order valence-corrected chi connectivity index (χ3v) is 4.24. The lowest BCUT2D eigenvalue weighted by Gasteiger charge is -2.35. The van der Waals surface area contributed by atoms with Crippen LogP contribution < -0.4 is 14.8 Å². The smallest absolute Gasteiger partial charge is 0.162 e. The predicted octanol–water partition coefficient (Wildman–Crippen LogP) is 4.44. The maximum Gasteiger partial charge on any atom is 0.162 e. The topological polar surface area (TPSA) is 30.5 Å². The van der Waals surface area contributed by atoms with Crippen LogP contribution in [0.4, 0.5) is 0 Å². The van der Waals surface area contributed by atoms with Crippen molar-refractivity contribution in [1.82, 2.24) is 5.32 Å². The fourth-order valence-electron chi connectivity index (χ4n) is 2.31. The third-order valence-electron chi connectivity index (χ3n) is 3.91. The van der Waals surface area contributed by atoms with Gasteiger partial charge in [0.05, 0.1) is 14.2 Å². The van der Waals surface area contributed by atoms with Crippen LogP contribution in [0.5, 0.6) is 11.5 Å². The standard InChI is InChI=1S/C16H26ClNO2/c1-7-16(3,4)15(18-8-2)11-9-13(19-5)14(20-6)10-12(11)17/h9-10,15,18H,7-8H2,1-6H3. The Morgan fingerprint density at radius 1 is 1.15 bits per heavy atom. The second kappa shape index (κ2) is 7.19. The summed E-state index contributed by atoms with van der Waals surface area (Å²) in [5.41, 5.74) is 1.15. The van der Waals surface area contributed by atoms with Crippen LogP contribution in [-0.4, -0.2) is 20.8 Å². The normalized spacial score (nSPS) is 13.2. The molecule has 0 bridgehead atoms. The lowest BCUT2D eigenvalue weighted by Crippen LogP contribution is -2.34. The Hall–Kier alpha value is -0.930. The minimum Gasteiger partial charge on any atom is -0.493 e. The molecule has 0 aliphatic carbocycles. The fraction of sp³-hybridized carbons (Fsp3) is 0.625. The highest BCUT2D eigenvalue weighted by molar-refractivity contribution is 6.31. The molecule has 0 aromatic heterocycles. The number of nitrogens with one attached hydrogen (secondary N) is 1. The van der Waals surface area contributed by atoms with Crippen LogP contribution in [0.2, 0.25) is 5.02 Å². The number of rotatable bonds is 7. The molecule has 0 aliphatic rings. The van der Waals surface area contributed by atoms with E-state index in [0.29, 0.717) is 16.5 Å². The molecule has 20 heavy (non-hydrogen) atoms. The first-order valence-corrected chi connectivity index (χ1v) is 7.43. The molecule has 1 N–H and O–H groups in total. The van der Waals surface area contributed by atoms with E-state index in [1.54, 1.807) is 14.2 Å². The van der Waals surface area contributed by atoms with Gasteiger partial charge in [0.1, 0.15) is 0 Å². The molecule has 0 aliphatic heterocycles. The molecule has 0 heterocycles. The Balaban J connectivity index is 3.33. The van der Waals surface area contributed by atoms with Gasteiger partial charge in [-0.25, -0.2) is 0 Å². The van der Waals surface area contributed by atoms with Crippen molar-refractivity contribution >= 4 is 11.6 Å². The van der Waals surface area contributed by atoms with Crippen molar-refractivity contribution in [3.8, 4) is 11.5 Å². The van der Waals surface area contributed by atoms with Crippen molar-refractivity contribution in [2.45, 2.75) is 40.2 Å². The summed E-state index contributed by atoms with van der Waals surface area (Å²) in [6.45, 7) is 9.67. The van der Waals surface area contributed by atoms with Crippen molar-refractivity contribution in [2.24, 2.45) is 5.41 Å². The van der Waals surface area contributed by atoms with Gasteiger partial charge in [0.25, 0.3) is 0 Å². The number of methoxy groups -OCH3 is 2. The summed E-state index contributed by atoms with van der Waals surface area (Å²) < 4.78 is 10.7. The second-order valence-electron chi connectivity index (χ2n) is 5.56. The number of hydrogen-bond acceptors (Lipinski definition) is 3. The van der Waals surface area contributed by atoms with Crippen molar-refractivity contribution in [3.63, 3.8) is 0 Å². The zero-order valence-corrected chi connectivity index (χ0v) is 14.1. The summed E-state index contributed by atoms with van der Waals surface area (Å²) in [6.07, 6.45) is 1.05. The predicted molar refractivity (Wildman–Crippen MR) is 85.0 cm³/mol. The summed E-state index contributed by atoms with van der Waals surface area (Å²) in [4.78, 5) is 0. The van der Waals surface area contributed by atoms with Gasteiger partial charge in [0, 0.05) is 17.1 Å². The minimum absolute atomic E-state index is 0.0965. The van der Waals surface area contributed by atoms with Gasteiger partial charge in [0.15, 0.2) is 11.5 Å². The van der Waals surface area contributed by atoms with Crippen LogP contribution in [0.1, 0.15) is 45.7 Å². The van der Waals surface area contributed by atoms with Crippen LogP contribution in [-0.2, 0) is 0 Å². The average molecular weight is 300 g/mol. The van der Waals surface area contributed by atoms with Crippen molar-refractivity contribution < 1.29 is 9.47 Å². The molecule has 4 heteroatoms. The van der Waals surface area contributed by atoms with Gasteiger partial charge in [-0.1, -0.05) is 39.3 Å². The maximum absolute atomic E-state index is 6.46. The Labute approximate surface area is 127 Å². The molecule has 0 saturated heterocycles. The summed E-state index contributed by atoms with van der Waals surface area (Å²) in [6, 6.07) is 3.97. The summed E-state index contributed by atoms with van der Waals surface area (Å²) in [7, 11) is 3.26. The molecule has 1 atom stereocenters.